The first-order chi connectivity index (χ1) is 22.7. The molecule has 0 bridgehead atoms. The van der Waals surface area contributed by atoms with Crippen LogP contribution in [0, 0.1) is 35.5 Å². The SMILES string of the molecule is CCCCC1C(C)C1COC(=O)c1c(Cl)c(Cl)cc(Cl)c1OC(=O)C(=O)Oc1c(Cl)cc(Cl)c(Cl)c1C(=O)OC[C@@H]1C(C)C1CCCC. The fourth-order valence-corrected chi connectivity index (χ4v) is 7.57. The van der Waals surface area contributed by atoms with E-state index in [2.05, 4.69) is 27.7 Å². The molecule has 8 nitrogen and oxygen atoms in total. The minimum Gasteiger partial charge on any atom is -0.462 e. The molecular weight excluding hydrogens is 749 g/mol. The monoisotopic (exact) mass is 782 g/mol. The summed E-state index contributed by atoms with van der Waals surface area (Å²) in [6.45, 7) is 8.61. The predicted octanol–water partition coefficient (Wildman–Crippen LogP) is 10.6. The minimum atomic E-state index is -1.63. The van der Waals surface area contributed by atoms with E-state index < -0.39 is 46.5 Å². The zero-order valence-corrected chi connectivity index (χ0v) is 31.3. The maximum atomic E-state index is 13.2. The Labute approximate surface area is 309 Å². The highest BCUT2D eigenvalue weighted by atomic mass is 35.5. The van der Waals surface area contributed by atoms with Gasteiger partial charge in [0.2, 0.25) is 0 Å². The lowest BCUT2D eigenvalue weighted by Crippen LogP contribution is -2.27. The van der Waals surface area contributed by atoms with Crippen LogP contribution in [0.3, 0.4) is 0 Å². The molecule has 4 rings (SSSR count). The van der Waals surface area contributed by atoms with Crippen LogP contribution in [-0.4, -0.2) is 37.1 Å². The number of halogens is 6. The van der Waals surface area contributed by atoms with Gasteiger partial charge in [-0.1, -0.05) is 123 Å². The van der Waals surface area contributed by atoms with Gasteiger partial charge in [0.25, 0.3) is 0 Å². The Balaban J connectivity index is 1.49. The van der Waals surface area contributed by atoms with Crippen LogP contribution in [0.5, 0.6) is 11.5 Å². The number of rotatable bonds is 14. The van der Waals surface area contributed by atoms with E-state index in [1.807, 2.05) is 0 Å². The number of carbonyl (C=O) groups is 4. The molecule has 2 aliphatic carbocycles. The summed E-state index contributed by atoms with van der Waals surface area (Å²) in [5.41, 5.74) is -0.894. The predicted molar refractivity (Wildman–Crippen MR) is 186 cm³/mol. The molecule has 0 amide bonds. The molecule has 2 fully saturated rings. The number of benzene rings is 2. The van der Waals surface area contributed by atoms with Gasteiger partial charge in [-0.3, -0.25) is 0 Å². The molecule has 5 unspecified atom stereocenters. The van der Waals surface area contributed by atoms with Crippen molar-refractivity contribution in [3.05, 3.63) is 53.4 Å². The van der Waals surface area contributed by atoms with Crippen molar-refractivity contribution in [2.75, 3.05) is 13.2 Å². The zero-order chi connectivity index (χ0) is 35.4. The van der Waals surface area contributed by atoms with Crippen LogP contribution in [0.2, 0.25) is 30.1 Å². The Hall–Kier alpha value is -1.94. The fourth-order valence-electron chi connectivity index (χ4n) is 6.14. The van der Waals surface area contributed by atoms with E-state index in [0.29, 0.717) is 23.7 Å². The summed E-state index contributed by atoms with van der Waals surface area (Å²) < 4.78 is 21.5. The van der Waals surface area contributed by atoms with Crippen LogP contribution < -0.4 is 9.47 Å². The normalized spacial score (nSPS) is 22.5. The Morgan fingerprint density at radius 1 is 0.583 bits per heavy atom. The smallest absolute Gasteiger partial charge is 0.423 e. The standard InChI is InChI=1S/C34H36Cl6O8/c1-5-7-9-17-15(3)19(17)13-45-31(41)25-27(39)21(35)11-23(37)29(25)47-33(43)34(44)48-30-24(38)12-22(36)28(40)26(30)32(42)46-14-20-16(4)18(20)10-8-6-2/h11-12,15-20H,5-10,13-14H2,1-4H3/t15?,16?,17?,18?,19-,20?/m1/s1. The summed E-state index contributed by atoms with van der Waals surface area (Å²) in [5.74, 6) is -4.35. The number of esters is 4. The summed E-state index contributed by atoms with van der Waals surface area (Å²) in [6, 6.07) is 2.27. The van der Waals surface area contributed by atoms with Gasteiger partial charge in [-0.15, -0.1) is 0 Å². The Morgan fingerprint density at radius 2 is 0.938 bits per heavy atom. The maximum absolute atomic E-state index is 13.2. The van der Waals surface area contributed by atoms with Crippen molar-refractivity contribution in [3.63, 3.8) is 0 Å². The van der Waals surface area contributed by atoms with Gasteiger partial charge in [0.15, 0.2) is 11.5 Å². The highest BCUT2D eigenvalue weighted by Gasteiger charge is 2.47. The van der Waals surface area contributed by atoms with Crippen molar-refractivity contribution in [1.82, 2.24) is 0 Å². The van der Waals surface area contributed by atoms with Crippen molar-refractivity contribution in [1.29, 1.82) is 0 Å². The summed E-state index contributed by atoms with van der Waals surface area (Å²) in [4.78, 5) is 52.5. The lowest BCUT2D eigenvalue weighted by atomic mass is 10.1. The molecule has 262 valence electrons. The van der Waals surface area contributed by atoms with E-state index in [4.69, 9.17) is 88.6 Å². The third-order valence-corrected chi connectivity index (χ3v) is 11.5. The highest BCUT2D eigenvalue weighted by Crippen LogP contribution is 2.50. The van der Waals surface area contributed by atoms with Crippen LogP contribution in [0.1, 0.15) is 86.9 Å². The molecule has 0 radical (unpaired) electrons. The molecule has 14 heteroatoms. The molecule has 6 atom stereocenters. The number of hydrogen-bond donors (Lipinski definition) is 0. The highest BCUT2D eigenvalue weighted by molar-refractivity contribution is 6.47. The van der Waals surface area contributed by atoms with Crippen molar-refractivity contribution in [2.24, 2.45) is 35.5 Å². The summed E-state index contributed by atoms with van der Waals surface area (Å²) in [7, 11) is 0. The second-order valence-electron chi connectivity index (χ2n) is 12.4. The second kappa shape index (κ2) is 16.8. The molecule has 0 aromatic heterocycles. The third-order valence-electron chi connectivity index (χ3n) is 9.33. The molecule has 48 heavy (non-hydrogen) atoms. The minimum absolute atomic E-state index is 0.109. The van der Waals surface area contributed by atoms with E-state index in [9.17, 15) is 19.2 Å². The van der Waals surface area contributed by atoms with Gasteiger partial charge in [-0.25, -0.2) is 19.2 Å². The fraction of sp³-hybridized carbons (Fsp3) is 0.529. The largest absolute Gasteiger partial charge is 0.462 e. The van der Waals surface area contributed by atoms with Gasteiger partial charge in [-0.05, 0) is 60.5 Å². The van der Waals surface area contributed by atoms with Crippen molar-refractivity contribution in [3.8, 4) is 11.5 Å². The van der Waals surface area contributed by atoms with Crippen molar-refractivity contribution in [2.45, 2.75) is 66.2 Å². The zero-order valence-electron chi connectivity index (χ0n) is 26.8. The van der Waals surface area contributed by atoms with Gasteiger partial charge < -0.3 is 18.9 Å². The summed E-state index contributed by atoms with van der Waals surface area (Å²) in [5, 5.41) is -1.43. The number of carbonyl (C=O) groups excluding carboxylic acids is 4. The van der Waals surface area contributed by atoms with Gasteiger partial charge in [0.1, 0.15) is 11.1 Å². The molecule has 0 heterocycles. The maximum Gasteiger partial charge on any atom is 0.423 e. The van der Waals surface area contributed by atoms with Crippen LogP contribution in [0.25, 0.3) is 0 Å². The molecule has 0 aliphatic heterocycles. The lowest BCUT2D eigenvalue weighted by Gasteiger charge is -2.15. The van der Waals surface area contributed by atoms with E-state index in [1.54, 1.807) is 0 Å². The Kier molecular flexibility index (Phi) is 13.6. The van der Waals surface area contributed by atoms with Gasteiger partial charge in [-0.2, -0.15) is 0 Å². The molecule has 0 spiro atoms. The quantitative estimate of drug-likeness (QED) is 0.0807. The average molecular weight is 785 g/mol. The number of ether oxygens (including phenoxy) is 4. The number of hydrogen-bond acceptors (Lipinski definition) is 8. The lowest BCUT2D eigenvalue weighted by molar-refractivity contribution is -0.156. The van der Waals surface area contributed by atoms with Gasteiger partial charge >= 0.3 is 23.9 Å². The topological polar surface area (TPSA) is 105 Å². The van der Waals surface area contributed by atoms with Crippen LogP contribution in [-0.2, 0) is 19.1 Å². The van der Waals surface area contributed by atoms with Crippen molar-refractivity contribution < 1.29 is 38.1 Å². The first-order valence-electron chi connectivity index (χ1n) is 15.9. The van der Waals surface area contributed by atoms with E-state index in [-0.39, 0.29) is 55.2 Å². The molecule has 0 N–H and O–H groups in total. The molecule has 2 aromatic carbocycles. The first-order valence-corrected chi connectivity index (χ1v) is 18.1. The first kappa shape index (κ1) is 38.9. The molecule has 2 aliphatic rings. The Bertz CT molecular complexity index is 1460. The third kappa shape index (κ3) is 8.85. The van der Waals surface area contributed by atoms with Crippen LogP contribution in [0.4, 0.5) is 0 Å². The number of unbranched alkanes of at least 4 members (excludes halogenated alkanes) is 2. The second-order valence-corrected chi connectivity index (χ2v) is 14.7. The van der Waals surface area contributed by atoms with E-state index in [1.165, 1.54) is 0 Å². The molecule has 2 saturated carbocycles. The van der Waals surface area contributed by atoms with E-state index in [0.717, 1.165) is 50.7 Å². The molecular formula is C34H36Cl6O8. The summed E-state index contributed by atoms with van der Waals surface area (Å²) >= 11 is 37.6. The van der Waals surface area contributed by atoms with Crippen LogP contribution >= 0.6 is 69.6 Å². The summed E-state index contributed by atoms with van der Waals surface area (Å²) in [6.07, 6.45) is 6.31. The van der Waals surface area contributed by atoms with Gasteiger partial charge in [0.05, 0.1) is 43.3 Å². The average Bonchev–Trinajstić information content (AvgIpc) is 3.89. The molecule has 0 saturated heterocycles. The van der Waals surface area contributed by atoms with Gasteiger partial charge in [0, 0.05) is 0 Å². The van der Waals surface area contributed by atoms with E-state index >= 15 is 0 Å². The van der Waals surface area contributed by atoms with Crippen LogP contribution in [0.15, 0.2) is 12.1 Å². The molecule has 2 aromatic rings. The Morgan fingerprint density at radius 3 is 1.27 bits per heavy atom. The van der Waals surface area contributed by atoms with Crippen molar-refractivity contribution >= 4 is 93.5 Å².